The summed E-state index contributed by atoms with van der Waals surface area (Å²) in [5, 5.41) is 0. The second-order valence-corrected chi connectivity index (χ2v) is 6.99. The summed E-state index contributed by atoms with van der Waals surface area (Å²) < 4.78 is 63.8. The van der Waals surface area contributed by atoms with Crippen molar-refractivity contribution in [3.05, 3.63) is 70.5 Å². The van der Waals surface area contributed by atoms with Gasteiger partial charge < -0.3 is 9.47 Å². The van der Waals surface area contributed by atoms with Crippen LogP contribution in [0.2, 0.25) is 0 Å². The Bertz CT molecular complexity index is 1100. The van der Waals surface area contributed by atoms with Gasteiger partial charge in [0.05, 0.1) is 12.4 Å². The monoisotopic (exact) mass is 438 g/mol. The number of alkyl halides is 3. The minimum absolute atomic E-state index is 0.0543. The van der Waals surface area contributed by atoms with Crippen LogP contribution in [0.5, 0.6) is 17.4 Å². The highest BCUT2D eigenvalue weighted by Crippen LogP contribution is 2.28. The predicted octanol–water partition coefficient (Wildman–Crippen LogP) is 4.22. The van der Waals surface area contributed by atoms with Crippen LogP contribution >= 0.6 is 0 Å². The van der Waals surface area contributed by atoms with Gasteiger partial charge in [-0.1, -0.05) is 19.9 Å². The zero-order chi connectivity index (χ0) is 22.6. The van der Waals surface area contributed by atoms with Crippen molar-refractivity contribution < 1.29 is 27.0 Å². The molecule has 7 nitrogen and oxygen atoms in total. The summed E-state index contributed by atoms with van der Waals surface area (Å²) >= 11 is 0. The maximum Gasteiger partial charge on any atom is 0.451 e. The van der Waals surface area contributed by atoms with E-state index in [2.05, 4.69) is 15.0 Å². The Morgan fingerprint density at radius 3 is 2.42 bits per heavy atom. The van der Waals surface area contributed by atoms with Crippen LogP contribution in [0.25, 0.3) is 0 Å². The average Bonchev–Trinajstić information content (AvgIpc) is 2.69. The first-order chi connectivity index (χ1) is 14.6. The van der Waals surface area contributed by atoms with Crippen molar-refractivity contribution in [1.82, 2.24) is 19.5 Å². The summed E-state index contributed by atoms with van der Waals surface area (Å²) in [6, 6.07) is 5.48. The maximum atomic E-state index is 14.3. The molecule has 11 heteroatoms. The van der Waals surface area contributed by atoms with Crippen molar-refractivity contribution in [2.75, 3.05) is 0 Å². The van der Waals surface area contributed by atoms with Gasteiger partial charge >= 0.3 is 11.9 Å². The summed E-state index contributed by atoms with van der Waals surface area (Å²) in [6.45, 7) is 4.43. The number of ether oxygens (including phenoxy) is 2. The molecule has 0 aliphatic rings. The Morgan fingerprint density at radius 1 is 1.13 bits per heavy atom. The van der Waals surface area contributed by atoms with Crippen molar-refractivity contribution in [2.24, 2.45) is 5.92 Å². The molecule has 31 heavy (non-hydrogen) atoms. The molecule has 0 radical (unpaired) electrons. The maximum absolute atomic E-state index is 14.3. The third kappa shape index (κ3) is 6.00. The normalized spacial score (nSPS) is 11.6. The first-order valence-corrected chi connectivity index (χ1v) is 9.17. The molecule has 0 fully saturated rings. The lowest BCUT2D eigenvalue weighted by Gasteiger charge is -2.11. The molecule has 0 aliphatic heterocycles. The molecule has 0 saturated heterocycles. The topological polar surface area (TPSA) is 79.1 Å². The molecular weight excluding hydrogens is 420 g/mol. The second kappa shape index (κ2) is 9.11. The highest BCUT2D eigenvalue weighted by molar-refractivity contribution is 5.33. The van der Waals surface area contributed by atoms with Gasteiger partial charge in [0.15, 0.2) is 17.3 Å². The van der Waals surface area contributed by atoms with Crippen molar-refractivity contribution in [3.8, 4) is 17.4 Å². The van der Waals surface area contributed by atoms with Gasteiger partial charge in [-0.05, 0) is 23.6 Å². The van der Waals surface area contributed by atoms with Crippen molar-refractivity contribution >= 4 is 0 Å². The Labute approximate surface area is 174 Å². The van der Waals surface area contributed by atoms with Crippen molar-refractivity contribution in [1.29, 1.82) is 0 Å². The van der Waals surface area contributed by atoms with Gasteiger partial charge in [0.25, 0.3) is 0 Å². The lowest BCUT2D eigenvalue weighted by molar-refractivity contribution is -0.145. The molecule has 2 aromatic heterocycles. The smallest absolute Gasteiger partial charge is 0.451 e. The van der Waals surface area contributed by atoms with E-state index in [9.17, 15) is 22.4 Å². The lowest BCUT2D eigenvalue weighted by atomic mass is 10.2. The molecule has 2 heterocycles. The minimum Gasteiger partial charge on any atom is -0.473 e. The van der Waals surface area contributed by atoms with Crippen molar-refractivity contribution in [2.45, 2.75) is 33.2 Å². The Hall–Kier alpha value is -3.50. The third-order valence-electron chi connectivity index (χ3n) is 3.90. The summed E-state index contributed by atoms with van der Waals surface area (Å²) in [6.07, 6.45) is -1.49. The van der Waals surface area contributed by atoms with E-state index in [1.165, 1.54) is 16.7 Å². The van der Waals surface area contributed by atoms with Crippen LogP contribution in [-0.4, -0.2) is 19.5 Å². The number of halogens is 4. The van der Waals surface area contributed by atoms with Crippen LogP contribution in [0.15, 0.2) is 47.7 Å². The molecule has 164 valence electrons. The van der Waals surface area contributed by atoms with Gasteiger partial charge in [0, 0.05) is 18.8 Å². The molecule has 0 unspecified atom stereocenters. The Kier molecular flexibility index (Phi) is 6.52. The first kappa shape index (κ1) is 22.2. The van der Waals surface area contributed by atoms with E-state index in [0.717, 1.165) is 18.5 Å². The molecule has 0 amide bonds. The van der Waals surface area contributed by atoms with Crippen molar-refractivity contribution in [3.63, 3.8) is 0 Å². The van der Waals surface area contributed by atoms with E-state index in [1.54, 1.807) is 12.3 Å². The molecule has 3 rings (SSSR count). The third-order valence-corrected chi connectivity index (χ3v) is 3.90. The summed E-state index contributed by atoms with van der Waals surface area (Å²) in [5.74, 6) is -2.07. The number of nitrogens with zero attached hydrogens (tertiary/aromatic N) is 4. The Morgan fingerprint density at radius 2 is 1.84 bits per heavy atom. The molecule has 0 spiro atoms. The van der Waals surface area contributed by atoms with E-state index in [4.69, 9.17) is 9.47 Å². The van der Waals surface area contributed by atoms with Crippen LogP contribution in [0.3, 0.4) is 0 Å². The van der Waals surface area contributed by atoms with Crippen LogP contribution in [0.4, 0.5) is 17.6 Å². The van der Waals surface area contributed by atoms with E-state index in [-0.39, 0.29) is 29.9 Å². The number of benzene rings is 1. The van der Waals surface area contributed by atoms with Crippen LogP contribution < -0.4 is 15.2 Å². The largest absolute Gasteiger partial charge is 0.473 e. The van der Waals surface area contributed by atoms with Gasteiger partial charge in [0.2, 0.25) is 11.7 Å². The highest BCUT2D eigenvalue weighted by Gasteiger charge is 2.34. The molecule has 0 atom stereocenters. The molecule has 0 N–H and O–H groups in total. The SMILES string of the molecule is CC(C)Cn1ccc(OCc2ccc(Oc3cnc(C(F)(F)F)nc3)c(F)c2)nc1=O. The van der Waals surface area contributed by atoms with Gasteiger partial charge in [0.1, 0.15) is 6.61 Å². The molecule has 1 aromatic carbocycles. The van der Waals surface area contributed by atoms with Gasteiger partial charge in [-0.2, -0.15) is 18.2 Å². The van der Waals surface area contributed by atoms with Gasteiger partial charge in [-0.3, -0.25) is 4.57 Å². The van der Waals surface area contributed by atoms with E-state index < -0.39 is 23.5 Å². The molecule has 0 aliphatic carbocycles. The molecule has 0 bridgehead atoms. The predicted molar refractivity (Wildman–Crippen MR) is 101 cm³/mol. The number of hydrogen-bond acceptors (Lipinski definition) is 6. The fourth-order valence-electron chi connectivity index (χ4n) is 2.54. The molecule has 0 saturated carbocycles. The first-order valence-electron chi connectivity index (χ1n) is 9.17. The van der Waals surface area contributed by atoms with Crippen LogP contribution in [0.1, 0.15) is 25.2 Å². The summed E-state index contributed by atoms with van der Waals surface area (Å²) in [7, 11) is 0. The summed E-state index contributed by atoms with van der Waals surface area (Å²) in [5.41, 5.74) is -0.0124. The zero-order valence-corrected chi connectivity index (χ0v) is 16.6. The van der Waals surface area contributed by atoms with Gasteiger partial charge in [-0.25, -0.2) is 19.2 Å². The quantitative estimate of drug-likeness (QED) is 0.514. The average molecular weight is 438 g/mol. The fourth-order valence-corrected chi connectivity index (χ4v) is 2.54. The second-order valence-electron chi connectivity index (χ2n) is 6.99. The van der Waals surface area contributed by atoms with E-state index in [0.29, 0.717) is 12.1 Å². The zero-order valence-electron chi connectivity index (χ0n) is 16.6. The number of hydrogen-bond donors (Lipinski definition) is 0. The standard InChI is InChI=1S/C20H18F4N4O3/c1-12(2)10-28-6-5-17(27-19(28)29)30-11-13-3-4-16(15(21)7-13)31-14-8-25-18(26-9-14)20(22,23)24/h3-9,12H,10-11H2,1-2H3. The van der Waals surface area contributed by atoms with E-state index >= 15 is 0 Å². The molecule has 3 aromatic rings. The summed E-state index contributed by atoms with van der Waals surface area (Å²) in [4.78, 5) is 22.1. The molecular formula is C20H18F4N4O3. The number of rotatable bonds is 7. The fraction of sp³-hybridized carbons (Fsp3) is 0.300. The van der Waals surface area contributed by atoms with Crippen LogP contribution in [0, 0.1) is 11.7 Å². The highest BCUT2D eigenvalue weighted by atomic mass is 19.4. The lowest BCUT2D eigenvalue weighted by Crippen LogP contribution is -2.24. The number of aromatic nitrogens is 4. The van der Waals surface area contributed by atoms with Gasteiger partial charge in [-0.15, -0.1) is 0 Å². The minimum atomic E-state index is -4.68. The Balaban J connectivity index is 1.63. The van der Waals surface area contributed by atoms with E-state index in [1.807, 2.05) is 13.8 Å². The van der Waals surface area contributed by atoms with Crippen LogP contribution in [-0.2, 0) is 19.3 Å².